The zero-order valence-electron chi connectivity index (χ0n) is 11.1. The van der Waals surface area contributed by atoms with Gasteiger partial charge in [-0.2, -0.15) is 0 Å². The Labute approximate surface area is 121 Å². The van der Waals surface area contributed by atoms with Gasteiger partial charge in [-0.05, 0) is 29.7 Å². The third kappa shape index (κ3) is 3.24. The van der Waals surface area contributed by atoms with Crippen LogP contribution in [0.2, 0.25) is 5.15 Å². The number of aromatic nitrogens is 1. The van der Waals surface area contributed by atoms with E-state index in [4.69, 9.17) is 11.6 Å². The molecule has 5 nitrogen and oxygen atoms in total. The standard InChI is InChI=1S/C14H14ClN3O2/c1-9(2)10-4-3-5-11(8-10)16-14-12(18(19)20)6-7-13(15)17-14/h3-9H,1-2H3,(H,16,17). The maximum absolute atomic E-state index is 11.0. The average Bonchev–Trinajstić information content (AvgIpc) is 2.38. The van der Waals surface area contributed by atoms with Gasteiger partial charge in [0.25, 0.3) is 0 Å². The zero-order valence-corrected chi connectivity index (χ0v) is 11.9. The maximum atomic E-state index is 11.0. The Kier molecular flexibility index (Phi) is 4.20. The SMILES string of the molecule is CC(C)c1cccc(Nc2nc(Cl)ccc2[N+](=O)[O-])c1. The molecule has 0 unspecified atom stereocenters. The lowest BCUT2D eigenvalue weighted by molar-refractivity contribution is -0.384. The van der Waals surface area contributed by atoms with Crippen molar-refractivity contribution in [1.29, 1.82) is 0 Å². The van der Waals surface area contributed by atoms with E-state index < -0.39 is 4.92 Å². The van der Waals surface area contributed by atoms with Gasteiger partial charge >= 0.3 is 5.69 Å². The molecule has 1 aromatic carbocycles. The molecule has 20 heavy (non-hydrogen) atoms. The molecule has 1 heterocycles. The molecule has 0 saturated carbocycles. The lowest BCUT2D eigenvalue weighted by Crippen LogP contribution is -2.00. The van der Waals surface area contributed by atoms with Crippen molar-refractivity contribution < 1.29 is 4.92 Å². The highest BCUT2D eigenvalue weighted by Gasteiger charge is 2.16. The fourth-order valence-electron chi connectivity index (χ4n) is 1.78. The molecule has 0 bridgehead atoms. The summed E-state index contributed by atoms with van der Waals surface area (Å²) in [5.74, 6) is 0.516. The Balaban J connectivity index is 2.36. The van der Waals surface area contributed by atoms with Gasteiger partial charge in [0.05, 0.1) is 4.92 Å². The van der Waals surface area contributed by atoms with E-state index in [0.29, 0.717) is 5.92 Å². The summed E-state index contributed by atoms with van der Waals surface area (Å²) in [4.78, 5) is 14.5. The van der Waals surface area contributed by atoms with E-state index >= 15 is 0 Å². The van der Waals surface area contributed by atoms with Crippen LogP contribution in [0.1, 0.15) is 25.3 Å². The van der Waals surface area contributed by atoms with Crippen LogP contribution in [0.3, 0.4) is 0 Å². The number of anilines is 2. The molecule has 0 atom stereocenters. The molecule has 0 amide bonds. The second-order valence-corrected chi connectivity index (χ2v) is 5.05. The number of rotatable bonds is 4. The summed E-state index contributed by atoms with van der Waals surface area (Å²) in [7, 11) is 0. The van der Waals surface area contributed by atoms with E-state index in [1.807, 2.05) is 24.3 Å². The quantitative estimate of drug-likeness (QED) is 0.511. The number of benzene rings is 1. The van der Waals surface area contributed by atoms with Crippen LogP contribution in [0, 0.1) is 10.1 Å². The normalized spacial score (nSPS) is 10.6. The average molecular weight is 292 g/mol. The molecular weight excluding hydrogens is 278 g/mol. The topological polar surface area (TPSA) is 68.1 Å². The first-order valence-electron chi connectivity index (χ1n) is 6.15. The van der Waals surface area contributed by atoms with Crippen LogP contribution in [0.4, 0.5) is 17.2 Å². The molecule has 0 saturated heterocycles. The summed E-state index contributed by atoms with van der Waals surface area (Å²) in [5, 5.41) is 14.1. The Morgan fingerprint density at radius 1 is 1.30 bits per heavy atom. The van der Waals surface area contributed by atoms with Crippen LogP contribution in [0.25, 0.3) is 0 Å². The maximum Gasteiger partial charge on any atom is 0.311 e. The van der Waals surface area contributed by atoms with Crippen molar-refractivity contribution in [3.63, 3.8) is 0 Å². The fourth-order valence-corrected chi connectivity index (χ4v) is 1.93. The molecule has 1 N–H and O–H groups in total. The van der Waals surface area contributed by atoms with Crippen LogP contribution in [0.15, 0.2) is 36.4 Å². The Bertz CT molecular complexity index is 644. The fraction of sp³-hybridized carbons (Fsp3) is 0.214. The third-order valence-corrected chi connectivity index (χ3v) is 3.06. The minimum absolute atomic E-state index is 0.107. The number of hydrogen-bond donors (Lipinski definition) is 1. The molecule has 0 aliphatic carbocycles. The number of pyridine rings is 1. The summed E-state index contributed by atoms with van der Waals surface area (Å²) in [5.41, 5.74) is 1.78. The Morgan fingerprint density at radius 3 is 2.70 bits per heavy atom. The molecule has 6 heteroatoms. The smallest absolute Gasteiger partial charge is 0.311 e. The van der Waals surface area contributed by atoms with E-state index in [9.17, 15) is 10.1 Å². The van der Waals surface area contributed by atoms with Gasteiger partial charge < -0.3 is 5.32 Å². The largest absolute Gasteiger partial charge is 0.334 e. The highest BCUT2D eigenvalue weighted by atomic mass is 35.5. The van der Waals surface area contributed by atoms with Crippen LogP contribution >= 0.6 is 11.6 Å². The molecule has 104 valence electrons. The van der Waals surface area contributed by atoms with Crippen molar-refractivity contribution in [3.8, 4) is 0 Å². The molecule has 0 radical (unpaired) electrons. The van der Waals surface area contributed by atoms with E-state index in [1.54, 1.807) is 0 Å². The monoisotopic (exact) mass is 291 g/mol. The van der Waals surface area contributed by atoms with Crippen molar-refractivity contribution >= 4 is 28.8 Å². The van der Waals surface area contributed by atoms with Gasteiger partial charge in [-0.3, -0.25) is 10.1 Å². The molecule has 2 rings (SSSR count). The van der Waals surface area contributed by atoms with Crippen molar-refractivity contribution in [2.45, 2.75) is 19.8 Å². The Morgan fingerprint density at radius 2 is 2.05 bits per heavy atom. The molecule has 0 fully saturated rings. The van der Waals surface area contributed by atoms with E-state index in [2.05, 4.69) is 24.1 Å². The van der Waals surface area contributed by atoms with Crippen LogP contribution in [-0.2, 0) is 0 Å². The van der Waals surface area contributed by atoms with Gasteiger partial charge in [-0.1, -0.05) is 37.6 Å². The predicted octanol–water partition coefficient (Wildman–Crippen LogP) is 4.51. The van der Waals surface area contributed by atoms with E-state index in [0.717, 1.165) is 11.3 Å². The highest BCUT2D eigenvalue weighted by Crippen LogP contribution is 2.28. The summed E-state index contributed by atoms with van der Waals surface area (Å²) in [6.45, 7) is 4.17. The predicted molar refractivity (Wildman–Crippen MR) is 79.7 cm³/mol. The lowest BCUT2D eigenvalue weighted by Gasteiger charge is -2.10. The van der Waals surface area contributed by atoms with Crippen LogP contribution < -0.4 is 5.32 Å². The molecule has 0 spiro atoms. The van der Waals surface area contributed by atoms with E-state index in [-0.39, 0.29) is 16.7 Å². The zero-order chi connectivity index (χ0) is 14.7. The second kappa shape index (κ2) is 5.88. The van der Waals surface area contributed by atoms with Gasteiger partial charge in [0, 0.05) is 11.8 Å². The number of hydrogen-bond acceptors (Lipinski definition) is 4. The molecular formula is C14H14ClN3O2. The summed E-state index contributed by atoms with van der Waals surface area (Å²) >= 11 is 5.80. The van der Waals surface area contributed by atoms with Crippen molar-refractivity contribution in [2.24, 2.45) is 0 Å². The first-order valence-corrected chi connectivity index (χ1v) is 6.53. The van der Waals surface area contributed by atoms with Crippen LogP contribution in [-0.4, -0.2) is 9.91 Å². The first-order chi connectivity index (χ1) is 9.47. The molecule has 1 aromatic heterocycles. The van der Waals surface area contributed by atoms with Gasteiger partial charge in [0.1, 0.15) is 5.15 Å². The summed E-state index contributed by atoms with van der Waals surface area (Å²) < 4.78 is 0. The van der Waals surface area contributed by atoms with Crippen molar-refractivity contribution in [2.75, 3.05) is 5.32 Å². The number of nitrogens with zero attached hydrogens (tertiary/aromatic N) is 2. The lowest BCUT2D eigenvalue weighted by atomic mass is 10.0. The van der Waals surface area contributed by atoms with Crippen molar-refractivity contribution in [1.82, 2.24) is 4.98 Å². The number of nitro groups is 1. The van der Waals surface area contributed by atoms with Gasteiger partial charge in [0.2, 0.25) is 5.82 Å². The third-order valence-electron chi connectivity index (χ3n) is 2.85. The van der Waals surface area contributed by atoms with Crippen molar-refractivity contribution in [3.05, 3.63) is 57.2 Å². The minimum atomic E-state index is -0.488. The second-order valence-electron chi connectivity index (χ2n) is 4.66. The van der Waals surface area contributed by atoms with Gasteiger partial charge in [-0.25, -0.2) is 4.98 Å². The Hall–Kier alpha value is -2.14. The molecule has 0 aliphatic rings. The van der Waals surface area contributed by atoms with Crippen LogP contribution in [0.5, 0.6) is 0 Å². The number of nitrogens with one attached hydrogen (secondary N) is 1. The summed E-state index contributed by atoms with van der Waals surface area (Å²) in [6, 6.07) is 10.4. The number of halogens is 1. The van der Waals surface area contributed by atoms with E-state index in [1.165, 1.54) is 12.1 Å². The van der Waals surface area contributed by atoms with Gasteiger partial charge in [-0.15, -0.1) is 0 Å². The molecule has 2 aromatic rings. The first kappa shape index (κ1) is 14.3. The molecule has 0 aliphatic heterocycles. The van der Waals surface area contributed by atoms with Gasteiger partial charge in [0.15, 0.2) is 0 Å². The minimum Gasteiger partial charge on any atom is -0.334 e. The highest BCUT2D eigenvalue weighted by molar-refractivity contribution is 6.29. The summed E-state index contributed by atoms with van der Waals surface area (Å²) in [6.07, 6.45) is 0.